The molecule has 0 aliphatic rings. The third-order valence-electron chi connectivity index (χ3n) is 4.01. The molecule has 0 spiro atoms. The zero-order chi connectivity index (χ0) is 18.7. The molecule has 0 aliphatic heterocycles. The lowest BCUT2D eigenvalue weighted by molar-refractivity contribution is -0.143. The van der Waals surface area contributed by atoms with Crippen molar-refractivity contribution in [2.75, 3.05) is 19.7 Å². The first kappa shape index (κ1) is 20.9. The van der Waals surface area contributed by atoms with Gasteiger partial charge in [0.15, 0.2) is 0 Å². The summed E-state index contributed by atoms with van der Waals surface area (Å²) in [5.74, 6) is 0.169. The summed E-state index contributed by atoms with van der Waals surface area (Å²) >= 11 is 0. The zero-order valence-electron chi connectivity index (χ0n) is 16.0. The summed E-state index contributed by atoms with van der Waals surface area (Å²) < 4.78 is 4.94. The number of hydrogen-bond acceptors (Lipinski definition) is 3. The van der Waals surface area contributed by atoms with E-state index in [9.17, 15) is 9.59 Å². The SMILES string of the molecule is CCCCN(CCC(=O)OCC)C(=O)/C=C/c1ccc(C(C)C)cc1. The van der Waals surface area contributed by atoms with Crippen LogP contribution in [-0.4, -0.2) is 36.5 Å². The van der Waals surface area contributed by atoms with E-state index >= 15 is 0 Å². The number of nitrogens with zero attached hydrogens (tertiary/aromatic N) is 1. The van der Waals surface area contributed by atoms with Crippen LogP contribution < -0.4 is 0 Å². The van der Waals surface area contributed by atoms with Crippen LogP contribution in [0.1, 0.15) is 64.0 Å². The van der Waals surface area contributed by atoms with Gasteiger partial charge in [-0.2, -0.15) is 0 Å². The van der Waals surface area contributed by atoms with Gasteiger partial charge < -0.3 is 9.64 Å². The first-order valence-corrected chi connectivity index (χ1v) is 9.20. The highest BCUT2D eigenvalue weighted by Crippen LogP contribution is 2.15. The molecule has 25 heavy (non-hydrogen) atoms. The number of unbranched alkanes of at least 4 members (excludes halogenated alkanes) is 1. The van der Waals surface area contributed by atoms with Crippen LogP contribution in [0.2, 0.25) is 0 Å². The lowest BCUT2D eigenvalue weighted by atomic mass is 10.0. The average Bonchev–Trinajstić information content (AvgIpc) is 2.60. The number of rotatable bonds is 10. The van der Waals surface area contributed by atoms with Crippen molar-refractivity contribution in [1.29, 1.82) is 0 Å². The van der Waals surface area contributed by atoms with Crippen LogP contribution in [0.15, 0.2) is 30.3 Å². The van der Waals surface area contributed by atoms with Gasteiger partial charge in [0.1, 0.15) is 0 Å². The van der Waals surface area contributed by atoms with Crippen LogP contribution in [0, 0.1) is 0 Å². The topological polar surface area (TPSA) is 46.6 Å². The van der Waals surface area contributed by atoms with Gasteiger partial charge in [-0.25, -0.2) is 0 Å². The van der Waals surface area contributed by atoms with Gasteiger partial charge in [0.25, 0.3) is 0 Å². The molecule has 1 aromatic rings. The van der Waals surface area contributed by atoms with Gasteiger partial charge in [-0.05, 0) is 36.5 Å². The second-order valence-electron chi connectivity index (χ2n) is 6.39. The minimum atomic E-state index is -0.259. The molecular formula is C21H31NO3. The molecule has 0 N–H and O–H groups in total. The molecule has 0 bridgehead atoms. The van der Waals surface area contributed by atoms with Crippen LogP contribution in [0.5, 0.6) is 0 Å². The standard InChI is InChI=1S/C21H31NO3/c1-5-7-15-22(16-14-21(24)25-6-2)20(23)13-10-18-8-11-19(12-9-18)17(3)4/h8-13,17H,5-7,14-16H2,1-4H3/b13-10+. The van der Waals surface area contributed by atoms with E-state index in [1.807, 2.05) is 18.2 Å². The Morgan fingerprint density at radius 3 is 2.36 bits per heavy atom. The van der Waals surface area contributed by atoms with E-state index in [-0.39, 0.29) is 18.3 Å². The van der Waals surface area contributed by atoms with Crippen LogP contribution in [0.25, 0.3) is 6.08 Å². The molecule has 0 aliphatic carbocycles. The van der Waals surface area contributed by atoms with Crippen molar-refractivity contribution in [2.24, 2.45) is 0 Å². The van der Waals surface area contributed by atoms with Crippen molar-refractivity contribution in [1.82, 2.24) is 4.90 Å². The van der Waals surface area contributed by atoms with Gasteiger partial charge in [-0.15, -0.1) is 0 Å². The summed E-state index contributed by atoms with van der Waals surface area (Å²) in [4.78, 5) is 25.7. The Morgan fingerprint density at radius 2 is 1.80 bits per heavy atom. The summed E-state index contributed by atoms with van der Waals surface area (Å²) in [5.41, 5.74) is 2.28. The number of carbonyl (C=O) groups is 2. The maximum Gasteiger partial charge on any atom is 0.307 e. The highest BCUT2D eigenvalue weighted by Gasteiger charge is 2.12. The minimum absolute atomic E-state index is 0.0642. The second-order valence-corrected chi connectivity index (χ2v) is 6.39. The predicted molar refractivity (Wildman–Crippen MR) is 102 cm³/mol. The number of hydrogen-bond donors (Lipinski definition) is 0. The molecule has 0 radical (unpaired) electrons. The van der Waals surface area contributed by atoms with E-state index in [2.05, 4.69) is 32.9 Å². The average molecular weight is 345 g/mol. The van der Waals surface area contributed by atoms with Crippen LogP contribution >= 0.6 is 0 Å². The van der Waals surface area contributed by atoms with Gasteiger partial charge in [-0.3, -0.25) is 9.59 Å². The van der Waals surface area contributed by atoms with Crippen LogP contribution in [0.3, 0.4) is 0 Å². The Kier molecular flexibility index (Phi) is 9.60. The molecule has 0 saturated carbocycles. The highest BCUT2D eigenvalue weighted by atomic mass is 16.5. The summed E-state index contributed by atoms with van der Waals surface area (Å²) in [7, 11) is 0. The van der Waals surface area contributed by atoms with Gasteiger partial charge >= 0.3 is 5.97 Å². The first-order valence-electron chi connectivity index (χ1n) is 9.20. The van der Waals surface area contributed by atoms with Crippen molar-refractivity contribution in [3.8, 4) is 0 Å². The molecule has 0 fully saturated rings. The largest absolute Gasteiger partial charge is 0.466 e. The molecule has 0 atom stereocenters. The maximum atomic E-state index is 12.5. The Morgan fingerprint density at radius 1 is 1.12 bits per heavy atom. The number of benzene rings is 1. The lowest BCUT2D eigenvalue weighted by Crippen LogP contribution is -2.32. The van der Waals surface area contributed by atoms with Gasteiger partial charge in [-0.1, -0.05) is 51.5 Å². The summed E-state index contributed by atoms with van der Waals surface area (Å²) in [6.07, 6.45) is 5.58. The molecule has 138 valence electrons. The van der Waals surface area contributed by atoms with Crippen molar-refractivity contribution in [2.45, 2.75) is 52.9 Å². The first-order chi connectivity index (χ1) is 12.0. The fraction of sp³-hybridized carbons (Fsp3) is 0.524. The fourth-order valence-electron chi connectivity index (χ4n) is 2.41. The number of ether oxygens (including phenoxy) is 1. The molecular weight excluding hydrogens is 314 g/mol. The van der Waals surface area contributed by atoms with Crippen molar-refractivity contribution in [3.63, 3.8) is 0 Å². The molecule has 1 amide bonds. The summed E-state index contributed by atoms with van der Waals surface area (Å²) in [6.45, 7) is 9.60. The number of esters is 1. The molecule has 1 aromatic carbocycles. The second kappa shape index (κ2) is 11.5. The summed E-state index contributed by atoms with van der Waals surface area (Å²) in [6, 6.07) is 8.22. The van der Waals surface area contributed by atoms with Crippen molar-refractivity contribution < 1.29 is 14.3 Å². The molecule has 4 nitrogen and oxygen atoms in total. The Bertz CT molecular complexity index is 561. The maximum absolute atomic E-state index is 12.5. The normalized spacial score (nSPS) is 11.1. The smallest absolute Gasteiger partial charge is 0.307 e. The molecule has 0 saturated heterocycles. The quantitative estimate of drug-likeness (QED) is 0.466. The third kappa shape index (κ3) is 8.01. The lowest BCUT2D eigenvalue weighted by Gasteiger charge is -2.20. The van der Waals surface area contributed by atoms with Gasteiger partial charge in [0, 0.05) is 19.2 Å². The van der Waals surface area contributed by atoms with Crippen molar-refractivity contribution >= 4 is 18.0 Å². The minimum Gasteiger partial charge on any atom is -0.466 e. The number of amides is 1. The van der Waals surface area contributed by atoms with Gasteiger partial charge in [0.05, 0.1) is 13.0 Å². The molecule has 0 unspecified atom stereocenters. The summed E-state index contributed by atoms with van der Waals surface area (Å²) in [5, 5.41) is 0. The van der Waals surface area contributed by atoms with Crippen LogP contribution in [0.4, 0.5) is 0 Å². The van der Waals surface area contributed by atoms with Crippen LogP contribution in [-0.2, 0) is 14.3 Å². The van der Waals surface area contributed by atoms with E-state index in [1.165, 1.54) is 5.56 Å². The zero-order valence-corrected chi connectivity index (χ0v) is 16.0. The predicted octanol–water partition coefficient (Wildman–Crippen LogP) is 4.41. The number of carbonyl (C=O) groups excluding carboxylic acids is 2. The molecule has 4 heteroatoms. The van der Waals surface area contributed by atoms with E-state index in [1.54, 1.807) is 17.9 Å². The van der Waals surface area contributed by atoms with E-state index < -0.39 is 0 Å². The van der Waals surface area contributed by atoms with E-state index in [4.69, 9.17) is 4.74 Å². The Labute approximate surface area is 151 Å². The highest BCUT2D eigenvalue weighted by molar-refractivity contribution is 5.92. The molecule has 0 aromatic heterocycles. The Balaban J connectivity index is 2.67. The van der Waals surface area contributed by atoms with E-state index in [0.717, 1.165) is 18.4 Å². The molecule has 1 rings (SSSR count). The monoisotopic (exact) mass is 345 g/mol. The van der Waals surface area contributed by atoms with E-state index in [0.29, 0.717) is 25.6 Å². The fourth-order valence-corrected chi connectivity index (χ4v) is 2.41. The Hall–Kier alpha value is -2.10. The van der Waals surface area contributed by atoms with Gasteiger partial charge in [0.2, 0.25) is 5.91 Å². The molecule has 0 heterocycles. The van der Waals surface area contributed by atoms with Crippen molar-refractivity contribution in [3.05, 3.63) is 41.5 Å². The third-order valence-corrected chi connectivity index (χ3v) is 4.01.